The first-order valence-electron chi connectivity index (χ1n) is 10.6. The van der Waals surface area contributed by atoms with Crippen LogP contribution >= 0.6 is 0 Å². The molecule has 29 heavy (non-hydrogen) atoms. The number of nitrogens with one attached hydrogen (secondary N) is 2. The summed E-state index contributed by atoms with van der Waals surface area (Å²) in [7, 11) is 1.82. The van der Waals surface area contributed by atoms with Gasteiger partial charge in [0.05, 0.1) is 30.0 Å². The monoisotopic (exact) mass is 404 g/mol. The number of carbonyl (C=O) groups is 1. The molecule has 2 N–H and O–H groups in total. The van der Waals surface area contributed by atoms with Gasteiger partial charge in [-0.05, 0) is 32.6 Å². The van der Waals surface area contributed by atoms with Crippen molar-refractivity contribution < 1.29 is 13.9 Å². The minimum Gasteiger partial charge on any atom is -0.369 e. The molecule has 0 aromatic carbocycles. The number of rotatable bonds is 4. The third-order valence-corrected chi connectivity index (χ3v) is 6.92. The van der Waals surface area contributed by atoms with Crippen molar-refractivity contribution in [3.8, 4) is 0 Å². The van der Waals surface area contributed by atoms with Gasteiger partial charge in [0.2, 0.25) is 5.91 Å². The molecular formula is C20H29FN6O2. The van der Waals surface area contributed by atoms with Crippen LogP contribution in [0.4, 0.5) is 10.2 Å². The average molecular weight is 404 g/mol. The molecule has 4 aliphatic rings. The predicted molar refractivity (Wildman–Crippen MR) is 105 cm³/mol. The number of hydrogen-bond donors (Lipinski definition) is 2. The first kappa shape index (κ1) is 19.1. The Morgan fingerprint density at radius 2 is 2.07 bits per heavy atom. The van der Waals surface area contributed by atoms with Crippen molar-refractivity contribution in [1.29, 1.82) is 0 Å². The van der Waals surface area contributed by atoms with E-state index in [4.69, 9.17) is 4.74 Å². The first-order valence-corrected chi connectivity index (χ1v) is 10.6. The van der Waals surface area contributed by atoms with E-state index in [-0.39, 0.29) is 35.6 Å². The number of halogens is 1. The highest BCUT2D eigenvalue weighted by atomic mass is 19.1. The maximum atomic E-state index is 14.7. The van der Waals surface area contributed by atoms with Crippen LogP contribution in [0, 0.1) is 5.92 Å². The Bertz CT molecular complexity index is 790. The van der Waals surface area contributed by atoms with Crippen LogP contribution in [-0.2, 0) is 9.53 Å². The summed E-state index contributed by atoms with van der Waals surface area (Å²) in [5.41, 5.74) is 7.33. The molecule has 1 aromatic heterocycles. The van der Waals surface area contributed by atoms with Gasteiger partial charge in [-0.2, -0.15) is 0 Å². The highest BCUT2D eigenvalue weighted by Gasteiger charge is 2.50. The molecule has 5 unspecified atom stereocenters. The van der Waals surface area contributed by atoms with Crippen LogP contribution in [0.1, 0.15) is 44.3 Å². The quantitative estimate of drug-likeness (QED) is 0.773. The summed E-state index contributed by atoms with van der Waals surface area (Å²) in [5.74, 6) is 1.05. The lowest BCUT2D eigenvalue weighted by Crippen LogP contribution is -2.48. The lowest BCUT2D eigenvalue weighted by molar-refractivity contribution is -0.129. The van der Waals surface area contributed by atoms with Crippen LogP contribution in [0.2, 0.25) is 0 Å². The summed E-state index contributed by atoms with van der Waals surface area (Å²) in [5, 5.41) is 0. The third-order valence-electron chi connectivity index (χ3n) is 6.92. The molecule has 1 amide bonds. The van der Waals surface area contributed by atoms with Crippen molar-refractivity contribution in [2.24, 2.45) is 5.92 Å². The Morgan fingerprint density at radius 3 is 2.83 bits per heavy atom. The average Bonchev–Trinajstić information content (AvgIpc) is 3.29. The number of alkyl halides is 1. The van der Waals surface area contributed by atoms with E-state index in [1.807, 2.05) is 18.0 Å². The van der Waals surface area contributed by atoms with E-state index < -0.39 is 6.17 Å². The van der Waals surface area contributed by atoms with Crippen molar-refractivity contribution in [2.75, 3.05) is 31.6 Å². The molecule has 158 valence electrons. The molecule has 5 atom stereocenters. The van der Waals surface area contributed by atoms with Crippen LogP contribution in [0.3, 0.4) is 0 Å². The lowest BCUT2D eigenvalue weighted by atomic mass is 9.78. The molecule has 2 saturated heterocycles. The Hall–Kier alpha value is -1.84. The standard InChI is InChI=1S/C20H29FN6O2/c1-20(3-4-20)29-16-7-12-14(8-13(16)21)24-25-19(12)15-9-17(23-11-22-15)27-6-5-26(2)18(28)10-27/h9,11-14,16,19,24-25H,3-8,10H2,1-2H3. The second kappa shape index (κ2) is 7.14. The molecule has 0 radical (unpaired) electrons. The number of carbonyl (C=O) groups excluding carboxylic acids is 1. The van der Waals surface area contributed by atoms with Gasteiger partial charge in [-0.15, -0.1) is 0 Å². The van der Waals surface area contributed by atoms with E-state index in [0.29, 0.717) is 25.9 Å². The topological polar surface area (TPSA) is 82.6 Å². The number of piperazine rings is 1. The van der Waals surface area contributed by atoms with Crippen LogP contribution in [0.25, 0.3) is 0 Å². The molecule has 8 nitrogen and oxygen atoms in total. The van der Waals surface area contributed by atoms with Crippen molar-refractivity contribution in [3.63, 3.8) is 0 Å². The van der Waals surface area contributed by atoms with Gasteiger partial charge in [-0.3, -0.25) is 10.2 Å². The number of anilines is 1. The van der Waals surface area contributed by atoms with Crippen molar-refractivity contribution in [2.45, 2.75) is 62.6 Å². The number of fused-ring (bicyclic) bond motifs is 1. The normalized spacial score (nSPS) is 36.2. The number of nitrogens with zero attached hydrogens (tertiary/aromatic N) is 4. The molecule has 5 rings (SSSR count). The van der Waals surface area contributed by atoms with E-state index in [9.17, 15) is 9.18 Å². The van der Waals surface area contributed by atoms with E-state index >= 15 is 0 Å². The molecular weight excluding hydrogens is 375 g/mol. The minimum atomic E-state index is -0.945. The smallest absolute Gasteiger partial charge is 0.241 e. The Labute approximate surface area is 170 Å². The van der Waals surface area contributed by atoms with Gasteiger partial charge in [0.1, 0.15) is 18.3 Å². The van der Waals surface area contributed by atoms with Gasteiger partial charge in [-0.1, -0.05) is 0 Å². The zero-order valence-corrected chi connectivity index (χ0v) is 17.0. The Morgan fingerprint density at radius 1 is 1.24 bits per heavy atom. The van der Waals surface area contributed by atoms with Gasteiger partial charge in [0, 0.05) is 38.2 Å². The van der Waals surface area contributed by atoms with E-state index in [1.54, 1.807) is 11.2 Å². The fourth-order valence-corrected chi connectivity index (χ4v) is 4.72. The second-order valence-corrected chi connectivity index (χ2v) is 9.17. The molecule has 0 spiro atoms. The largest absolute Gasteiger partial charge is 0.369 e. The van der Waals surface area contributed by atoms with Crippen LogP contribution in [-0.4, -0.2) is 71.4 Å². The fraction of sp³-hybridized carbons (Fsp3) is 0.750. The highest BCUT2D eigenvalue weighted by molar-refractivity contribution is 5.82. The summed E-state index contributed by atoms with van der Waals surface area (Å²) < 4.78 is 20.8. The molecule has 1 aromatic rings. The number of ether oxygens (including phenoxy) is 1. The van der Waals surface area contributed by atoms with E-state index in [2.05, 4.69) is 27.7 Å². The Kier molecular flexibility index (Phi) is 4.71. The summed E-state index contributed by atoms with van der Waals surface area (Å²) >= 11 is 0. The fourth-order valence-electron chi connectivity index (χ4n) is 4.72. The summed E-state index contributed by atoms with van der Waals surface area (Å²) in [6, 6.07) is 1.99. The zero-order chi connectivity index (χ0) is 20.2. The molecule has 2 saturated carbocycles. The van der Waals surface area contributed by atoms with Gasteiger partial charge < -0.3 is 14.5 Å². The van der Waals surface area contributed by atoms with Crippen molar-refractivity contribution in [3.05, 3.63) is 18.1 Å². The number of aromatic nitrogens is 2. The Balaban J connectivity index is 1.32. The molecule has 2 aliphatic carbocycles. The minimum absolute atomic E-state index is 0.0319. The lowest BCUT2D eigenvalue weighted by Gasteiger charge is -2.37. The van der Waals surface area contributed by atoms with Gasteiger partial charge in [-0.25, -0.2) is 19.8 Å². The highest BCUT2D eigenvalue weighted by Crippen LogP contribution is 2.45. The van der Waals surface area contributed by atoms with Gasteiger partial charge in [0.15, 0.2) is 0 Å². The van der Waals surface area contributed by atoms with Crippen LogP contribution < -0.4 is 15.8 Å². The molecule has 0 bridgehead atoms. The van der Waals surface area contributed by atoms with Gasteiger partial charge >= 0.3 is 0 Å². The summed E-state index contributed by atoms with van der Waals surface area (Å²) in [4.78, 5) is 24.7. The number of hydrazine groups is 1. The summed E-state index contributed by atoms with van der Waals surface area (Å²) in [6.07, 6.45) is 3.40. The van der Waals surface area contributed by atoms with Crippen molar-refractivity contribution in [1.82, 2.24) is 25.7 Å². The summed E-state index contributed by atoms with van der Waals surface area (Å²) in [6.45, 7) is 3.83. The SMILES string of the molecule is CN1CCN(c2cc(C3NNC4CC(F)C(OC5(C)CC5)CC43)ncn2)CC1=O. The molecule has 4 fully saturated rings. The second-order valence-electron chi connectivity index (χ2n) is 9.17. The van der Waals surface area contributed by atoms with Crippen LogP contribution in [0.5, 0.6) is 0 Å². The molecule has 3 heterocycles. The van der Waals surface area contributed by atoms with E-state index in [0.717, 1.165) is 30.9 Å². The van der Waals surface area contributed by atoms with Crippen molar-refractivity contribution >= 4 is 11.7 Å². The predicted octanol–water partition coefficient (Wildman–Crippen LogP) is 0.958. The maximum absolute atomic E-state index is 14.7. The number of hydrogen-bond acceptors (Lipinski definition) is 7. The third kappa shape index (κ3) is 3.71. The molecule has 2 aliphatic heterocycles. The number of amides is 1. The van der Waals surface area contributed by atoms with Gasteiger partial charge in [0.25, 0.3) is 0 Å². The van der Waals surface area contributed by atoms with Crippen LogP contribution in [0.15, 0.2) is 12.4 Å². The molecule has 9 heteroatoms. The number of likely N-dealkylation sites (N-methyl/N-ethyl adjacent to an activating group) is 1. The van der Waals surface area contributed by atoms with E-state index in [1.165, 1.54) is 0 Å². The zero-order valence-electron chi connectivity index (χ0n) is 17.0. The maximum Gasteiger partial charge on any atom is 0.241 e. The first-order chi connectivity index (χ1) is 13.9.